The van der Waals surface area contributed by atoms with Gasteiger partial charge in [0.1, 0.15) is 0 Å². The van der Waals surface area contributed by atoms with Gasteiger partial charge in [0.05, 0.1) is 6.26 Å². The molecule has 1 fully saturated rings. The van der Waals surface area contributed by atoms with Gasteiger partial charge >= 0.3 is 9.28 Å². The van der Waals surface area contributed by atoms with Crippen LogP contribution in [-0.2, 0) is 8.85 Å². The van der Waals surface area contributed by atoms with E-state index in [1.54, 1.807) is 7.11 Å². The summed E-state index contributed by atoms with van der Waals surface area (Å²) < 4.78 is 10.4. The van der Waals surface area contributed by atoms with E-state index >= 15 is 0 Å². The summed E-state index contributed by atoms with van der Waals surface area (Å²) in [6.45, 7) is 2.02. The fourth-order valence-corrected chi connectivity index (χ4v) is 1.38. The van der Waals surface area contributed by atoms with Crippen LogP contribution in [0.4, 0.5) is 0 Å². The first-order valence-corrected chi connectivity index (χ1v) is 6.27. The standard InChI is InChI=1S/C8H16O2Si/c1-9-11(2)10-7-6-8-4-3-5-8/h6-8,11H,3-5H2,1-2H3. The highest BCUT2D eigenvalue weighted by Gasteiger charge is 2.13. The van der Waals surface area contributed by atoms with E-state index in [1.165, 1.54) is 19.3 Å². The summed E-state index contributed by atoms with van der Waals surface area (Å²) >= 11 is 0. The van der Waals surface area contributed by atoms with Gasteiger partial charge in [-0.1, -0.05) is 6.42 Å². The van der Waals surface area contributed by atoms with Crippen LogP contribution in [0.1, 0.15) is 19.3 Å². The summed E-state index contributed by atoms with van der Waals surface area (Å²) in [5, 5.41) is 0. The van der Waals surface area contributed by atoms with Gasteiger partial charge in [-0.3, -0.25) is 0 Å². The summed E-state index contributed by atoms with van der Waals surface area (Å²) in [7, 11) is 0.388. The largest absolute Gasteiger partial charge is 0.529 e. The van der Waals surface area contributed by atoms with E-state index in [0.29, 0.717) is 0 Å². The Morgan fingerprint density at radius 2 is 2.18 bits per heavy atom. The Kier molecular flexibility index (Phi) is 3.66. The van der Waals surface area contributed by atoms with Crippen molar-refractivity contribution < 1.29 is 8.85 Å². The van der Waals surface area contributed by atoms with Crippen LogP contribution in [0.3, 0.4) is 0 Å². The van der Waals surface area contributed by atoms with Gasteiger partial charge in [0.2, 0.25) is 0 Å². The van der Waals surface area contributed by atoms with Crippen molar-refractivity contribution in [3.63, 3.8) is 0 Å². The molecule has 0 spiro atoms. The molecule has 1 aliphatic rings. The van der Waals surface area contributed by atoms with Crippen LogP contribution in [0.25, 0.3) is 0 Å². The highest BCUT2D eigenvalue weighted by Crippen LogP contribution is 2.27. The van der Waals surface area contributed by atoms with Crippen molar-refractivity contribution in [2.75, 3.05) is 7.11 Å². The van der Waals surface area contributed by atoms with Crippen molar-refractivity contribution in [2.24, 2.45) is 5.92 Å². The number of rotatable bonds is 4. The molecule has 0 aromatic carbocycles. The van der Waals surface area contributed by atoms with Crippen molar-refractivity contribution in [3.8, 4) is 0 Å². The first-order valence-electron chi connectivity index (χ1n) is 4.18. The van der Waals surface area contributed by atoms with Gasteiger partial charge in [-0.2, -0.15) is 0 Å². The molecule has 0 bridgehead atoms. The molecule has 1 aliphatic carbocycles. The lowest BCUT2D eigenvalue weighted by molar-refractivity contribution is 0.307. The van der Waals surface area contributed by atoms with Gasteiger partial charge in [0, 0.05) is 7.11 Å². The maximum absolute atomic E-state index is 5.33. The molecule has 0 saturated heterocycles. The predicted molar refractivity (Wildman–Crippen MR) is 47.6 cm³/mol. The Labute approximate surface area is 70.0 Å². The molecule has 1 saturated carbocycles. The van der Waals surface area contributed by atoms with Crippen LogP contribution >= 0.6 is 0 Å². The van der Waals surface area contributed by atoms with E-state index in [-0.39, 0.29) is 0 Å². The Bertz CT molecular complexity index is 132. The lowest BCUT2D eigenvalue weighted by atomic mass is 9.86. The van der Waals surface area contributed by atoms with Gasteiger partial charge < -0.3 is 8.85 Å². The second-order valence-electron chi connectivity index (χ2n) is 2.96. The minimum atomic E-state index is -1.31. The molecule has 0 amide bonds. The molecule has 11 heavy (non-hydrogen) atoms. The molecule has 3 heteroatoms. The lowest BCUT2D eigenvalue weighted by Crippen LogP contribution is -2.13. The zero-order chi connectivity index (χ0) is 8.10. The van der Waals surface area contributed by atoms with Crippen molar-refractivity contribution in [1.29, 1.82) is 0 Å². The average Bonchev–Trinajstić information content (AvgIpc) is 1.94. The quantitative estimate of drug-likeness (QED) is 0.475. The highest BCUT2D eigenvalue weighted by molar-refractivity contribution is 6.42. The molecule has 0 aromatic heterocycles. The summed E-state index contributed by atoms with van der Waals surface area (Å²) in [6, 6.07) is 0. The maximum Gasteiger partial charge on any atom is 0.378 e. The molecule has 1 unspecified atom stereocenters. The zero-order valence-corrected chi connectivity index (χ0v) is 8.40. The molecule has 0 N–H and O–H groups in total. The van der Waals surface area contributed by atoms with Crippen LogP contribution in [-0.4, -0.2) is 16.4 Å². The Balaban J connectivity index is 2.04. The number of hydrogen-bond donors (Lipinski definition) is 0. The molecule has 64 valence electrons. The van der Waals surface area contributed by atoms with Crippen LogP contribution in [0.15, 0.2) is 12.3 Å². The van der Waals surface area contributed by atoms with Gasteiger partial charge in [0.25, 0.3) is 0 Å². The third-order valence-electron chi connectivity index (χ3n) is 2.10. The maximum atomic E-state index is 5.33. The van der Waals surface area contributed by atoms with E-state index < -0.39 is 9.28 Å². The van der Waals surface area contributed by atoms with E-state index in [9.17, 15) is 0 Å². The Hall–Kier alpha value is -0.283. The highest BCUT2D eigenvalue weighted by atomic mass is 28.3. The summed E-state index contributed by atoms with van der Waals surface area (Å²) in [5.41, 5.74) is 0. The average molecular weight is 172 g/mol. The first kappa shape index (κ1) is 8.81. The van der Waals surface area contributed by atoms with Crippen LogP contribution in [0.5, 0.6) is 0 Å². The smallest absolute Gasteiger partial charge is 0.378 e. The van der Waals surface area contributed by atoms with E-state index in [4.69, 9.17) is 8.85 Å². The van der Waals surface area contributed by atoms with Gasteiger partial charge in [0.15, 0.2) is 0 Å². The minimum absolute atomic E-state index is 0.785. The third-order valence-corrected chi connectivity index (χ3v) is 3.31. The molecular weight excluding hydrogens is 156 g/mol. The molecule has 0 aliphatic heterocycles. The van der Waals surface area contributed by atoms with Crippen LogP contribution < -0.4 is 0 Å². The minimum Gasteiger partial charge on any atom is -0.529 e. The lowest BCUT2D eigenvalue weighted by Gasteiger charge is -2.21. The molecule has 1 atom stereocenters. The zero-order valence-electron chi connectivity index (χ0n) is 7.25. The van der Waals surface area contributed by atoms with Gasteiger partial charge in [-0.25, -0.2) is 0 Å². The van der Waals surface area contributed by atoms with Crippen molar-refractivity contribution in [1.82, 2.24) is 0 Å². The topological polar surface area (TPSA) is 18.5 Å². The van der Waals surface area contributed by atoms with E-state index in [0.717, 1.165) is 5.92 Å². The van der Waals surface area contributed by atoms with Crippen LogP contribution in [0.2, 0.25) is 6.55 Å². The van der Waals surface area contributed by atoms with Crippen molar-refractivity contribution >= 4 is 9.28 Å². The monoisotopic (exact) mass is 172 g/mol. The Morgan fingerprint density at radius 1 is 1.45 bits per heavy atom. The number of hydrogen-bond acceptors (Lipinski definition) is 2. The molecular formula is C8H16O2Si. The Morgan fingerprint density at radius 3 is 2.64 bits per heavy atom. The normalized spacial score (nSPS) is 21.6. The van der Waals surface area contributed by atoms with E-state index in [2.05, 4.69) is 6.08 Å². The second kappa shape index (κ2) is 4.57. The molecule has 2 nitrogen and oxygen atoms in total. The molecule has 0 heterocycles. The van der Waals surface area contributed by atoms with Crippen molar-refractivity contribution in [3.05, 3.63) is 12.3 Å². The predicted octanol–water partition coefficient (Wildman–Crippen LogP) is 1.81. The van der Waals surface area contributed by atoms with E-state index in [1.807, 2.05) is 12.8 Å². The summed E-state index contributed by atoms with van der Waals surface area (Å²) in [4.78, 5) is 0. The summed E-state index contributed by atoms with van der Waals surface area (Å²) in [6.07, 6.45) is 8.04. The van der Waals surface area contributed by atoms with Gasteiger partial charge in [-0.15, -0.1) is 0 Å². The molecule has 1 rings (SSSR count). The second-order valence-corrected chi connectivity index (χ2v) is 4.84. The fraction of sp³-hybridized carbons (Fsp3) is 0.750. The van der Waals surface area contributed by atoms with Gasteiger partial charge in [-0.05, 0) is 31.4 Å². The molecule has 0 radical (unpaired) electrons. The first-order chi connectivity index (χ1) is 5.33. The fourth-order valence-electron chi connectivity index (χ4n) is 0.955. The number of allylic oxidation sites excluding steroid dienone is 1. The van der Waals surface area contributed by atoms with Crippen molar-refractivity contribution in [2.45, 2.75) is 25.8 Å². The SMILES string of the molecule is CO[SiH](C)OC=CC1CCC1. The third kappa shape index (κ3) is 3.08. The molecule has 0 aromatic rings. The van der Waals surface area contributed by atoms with Crippen LogP contribution in [0, 0.1) is 5.92 Å². The summed E-state index contributed by atoms with van der Waals surface area (Å²) in [5.74, 6) is 0.785.